The molecule has 0 N–H and O–H groups in total. The minimum absolute atomic E-state index is 0.0940. The highest BCUT2D eigenvalue weighted by Gasteiger charge is 2.32. The quantitative estimate of drug-likeness (QED) is 0.558. The first-order valence-electron chi connectivity index (χ1n) is 5.21. The maximum absolute atomic E-state index is 11.3. The van der Waals surface area contributed by atoms with E-state index in [2.05, 4.69) is 4.98 Å². The highest BCUT2D eigenvalue weighted by Crippen LogP contribution is 2.29. The SMILES string of the molecule is CC(=O)C1CCn2c(C)nc([N+](=O)[O-])c2C1. The first-order chi connectivity index (χ1) is 7.50. The number of aryl methyl sites for hydroxylation is 1. The van der Waals surface area contributed by atoms with Gasteiger partial charge >= 0.3 is 5.82 Å². The van der Waals surface area contributed by atoms with Crippen LogP contribution in [0.15, 0.2) is 0 Å². The summed E-state index contributed by atoms with van der Waals surface area (Å²) in [7, 11) is 0. The summed E-state index contributed by atoms with van der Waals surface area (Å²) in [5.41, 5.74) is 0.592. The third kappa shape index (κ3) is 1.60. The number of fused-ring (bicyclic) bond motifs is 1. The normalized spacial score (nSPS) is 19.2. The molecule has 0 saturated heterocycles. The fourth-order valence-corrected chi connectivity index (χ4v) is 2.21. The van der Waals surface area contributed by atoms with Gasteiger partial charge in [0, 0.05) is 25.8 Å². The van der Waals surface area contributed by atoms with E-state index in [0.29, 0.717) is 24.5 Å². The van der Waals surface area contributed by atoms with Crippen molar-refractivity contribution in [3.05, 3.63) is 21.6 Å². The number of rotatable bonds is 2. The van der Waals surface area contributed by atoms with Crippen LogP contribution in [0.1, 0.15) is 24.9 Å². The van der Waals surface area contributed by atoms with Crippen molar-refractivity contribution in [3.63, 3.8) is 0 Å². The molecular weight excluding hydrogens is 210 g/mol. The van der Waals surface area contributed by atoms with Crippen LogP contribution >= 0.6 is 0 Å². The number of aromatic nitrogens is 2. The van der Waals surface area contributed by atoms with E-state index >= 15 is 0 Å². The molecule has 0 fully saturated rings. The molecule has 0 amide bonds. The molecular formula is C10H13N3O3. The van der Waals surface area contributed by atoms with Crippen molar-refractivity contribution in [1.82, 2.24) is 9.55 Å². The number of carbonyl (C=O) groups is 1. The Balaban J connectivity index is 2.42. The van der Waals surface area contributed by atoms with E-state index in [0.717, 1.165) is 6.42 Å². The smallest absolute Gasteiger partial charge is 0.358 e. The van der Waals surface area contributed by atoms with Gasteiger partial charge in [-0.2, -0.15) is 0 Å². The zero-order chi connectivity index (χ0) is 11.9. The van der Waals surface area contributed by atoms with Crippen LogP contribution in [0.4, 0.5) is 5.82 Å². The summed E-state index contributed by atoms with van der Waals surface area (Å²) in [6.45, 7) is 3.94. The molecule has 1 aromatic rings. The van der Waals surface area contributed by atoms with Gasteiger partial charge in [0.15, 0.2) is 0 Å². The number of nitrogens with zero attached hydrogens (tertiary/aromatic N) is 3. The molecule has 1 unspecified atom stereocenters. The van der Waals surface area contributed by atoms with Crippen molar-refractivity contribution >= 4 is 11.6 Å². The van der Waals surface area contributed by atoms with Gasteiger partial charge in [-0.25, -0.2) is 0 Å². The van der Waals surface area contributed by atoms with E-state index in [4.69, 9.17) is 0 Å². The number of carbonyl (C=O) groups excluding carboxylic acids is 1. The van der Waals surface area contributed by atoms with Crippen molar-refractivity contribution in [3.8, 4) is 0 Å². The first-order valence-corrected chi connectivity index (χ1v) is 5.21. The van der Waals surface area contributed by atoms with Crippen LogP contribution in [0.2, 0.25) is 0 Å². The Hall–Kier alpha value is -1.72. The predicted molar refractivity (Wildman–Crippen MR) is 56.1 cm³/mol. The van der Waals surface area contributed by atoms with Gasteiger partial charge < -0.3 is 14.7 Å². The molecule has 0 spiro atoms. The molecule has 0 saturated carbocycles. The molecule has 86 valence electrons. The lowest BCUT2D eigenvalue weighted by molar-refractivity contribution is -0.390. The fraction of sp³-hybridized carbons (Fsp3) is 0.600. The lowest BCUT2D eigenvalue weighted by Crippen LogP contribution is -2.24. The van der Waals surface area contributed by atoms with Gasteiger partial charge in [-0.15, -0.1) is 0 Å². The second-order valence-corrected chi connectivity index (χ2v) is 4.14. The molecule has 0 aromatic carbocycles. The molecule has 1 aliphatic heterocycles. The Morgan fingerprint density at radius 1 is 1.62 bits per heavy atom. The summed E-state index contributed by atoms with van der Waals surface area (Å²) in [6.07, 6.45) is 1.18. The fourth-order valence-electron chi connectivity index (χ4n) is 2.21. The summed E-state index contributed by atoms with van der Waals surface area (Å²) < 4.78 is 1.84. The Labute approximate surface area is 92.4 Å². The van der Waals surface area contributed by atoms with Crippen LogP contribution in [-0.4, -0.2) is 20.3 Å². The summed E-state index contributed by atoms with van der Waals surface area (Å²) >= 11 is 0. The second-order valence-electron chi connectivity index (χ2n) is 4.14. The van der Waals surface area contributed by atoms with Crippen LogP contribution in [0.5, 0.6) is 0 Å². The van der Waals surface area contributed by atoms with E-state index in [1.165, 1.54) is 6.92 Å². The molecule has 2 heterocycles. The van der Waals surface area contributed by atoms with Crippen LogP contribution in [-0.2, 0) is 17.8 Å². The van der Waals surface area contributed by atoms with Crippen molar-refractivity contribution in [2.75, 3.05) is 0 Å². The van der Waals surface area contributed by atoms with E-state index in [9.17, 15) is 14.9 Å². The molecule has 1 aliphatic rings. The number of hydrogen-bond donors (Lipinski definition) is 0. The Morgan fingerprint density at radius 3 is 2.88 bits per heavy atom. The third-order valence-electron chi connectivity index (χ3n) is 3.13. The lowest BCUT2D eigenvalue weighted by atomic mass is 9.92. The minimum Gasteiger partial charge on any atom is -0.358 e. The topological polar surface area (TPSA) is 78.0 Å². The van der Waals surface area contributed by atoms with Crippen molar-refractivity contribution < 1.29 is 9.72 Å². The van der Waals surface area contributed by atoms with E-state index in [1.807, 2.05) is 4.57 Å². The van der Waals surface area contributed by atoms with Crippen molar-refractivity contribution in [2.24, 2.45) is 5.92 Å². The molecule has 0 bridgehead atoms. The van der Waals surface area contributed by atoms with E-state index in [-0.39, 0.29) is 17.5 Å². The van der Waals surface area contributed by atoms with Gasteiger partial charge in [0.1, 0.15) is 11.5 Å². The van der Waals surface area contributed by atoms with Crippen LogP contribution in [0, 0.1) is 23.0 Å². The standard InChI is InChI=1S/C10H13N3O3/c1-6(14)8-3-4-12-7(2)11-10(13(15)16)9(12)5-8/h8H,3-5H2,1-2H3. The second kappa shape index (κ2) is 3.70. The largest absolute Gasteiger partial charge is 0.385 e. The van der Waals surface area contributed by atoms with Gasteiger partial charge in [0.2, 0.25) is 5.82 Å². The molecule has 0 radical (unpaired) electrons. The molecule has 1 aromatic heterocycles. The highest BCUT2D eigenvalue weighted by molar-refractivity contribution is 5.78. The first kappa shape index (κ1) is 10.8. The lowest BCUT2D eigenvalue weighted by Gasteiger charge is -2.20. The van der Waals surface area contributed by atoms with Crippen LogP contribution in [0.25, 0.3) is 0 Å². The van der Waals surface area contributed by atoms with Gasteiger partial charge in [0.25, 0.3) is 0 Å². The minimum atomic E-state index is -0.471. The maximum atomic E-state index is 11.3. The predicted octanol–water partition coefficient (Wildman–Crippen LogP) is 1.25. The monoisotopic (exact) mass is 223 g/mol. The molecule has 0 aliphatic carbocycles. The Bertz CT molecular complexity index is 464. The van der Waals surface area contributed by atoms with Gasteiger partial charge in [-0.1, -0.05) is 0 Å². The average molecular weight is 223 g/mol. The van der Waals surface area contributed by atoms with Gasteiger partial charge in [0.05, 0.1) is 0 Å². The average Bonchev–Trinajstić information content (AvgIpc) is 2.56. The Kier molecular flexibility index (Phi) is 2.49. The third-order valence-corrected chi connectivity index (χ3v) is 3.13. The summed E-state index contributed by atoms with van der Waals surface area (Å²) in [6, 6.07) is 0. The molecule has 16 heavy (non-hydrogen) atoms. The number of nitro groups is 1. The number of hydrogen-bond acceptors (Lipinski definition) is 4. The summed E-state index contributed by atoms with van der Waals surface area (Å²) in [5, 5.41) is 10.8. The number of imidazole rings is 1. The molecule has 2 rings (SSSR count). The van der Waals surface area contributed by atoms with Crippen LogP contribution < -0.4 is 0 Å². The number of Topliss-reactive ketones (excluding diaryl/α,β-unsaturated/α-hetero) is 1. The molecule has 6 nitrogen and oxygen atoms in total. The zero-order valence-electron chi connectivity index (χ0n) is 9.27. The maximum Gasteiger partial charge on any atom is 0.385 e. The summed E-state index contributed by atoms with van der Waals surface area (Å²) in [5.74, 6) is 0.564. The van der Waals surface area contributed by atoms with Crippen LogP contribution in [0.3, 0.4) is 0 Å². The van der Waals surface area contributed by atoms with Gasteiger partial charge in [-0.3, -0.25) is 4.79 Å². The summed E-state index contributed by atoms with van der Waals surface area (Å²) in [4.78, 5) is 25.6. The van der Waals surface area contributed by atoms with Crippen molar-refractivity contribution in [2.45, 2.75) is 33.2 Å². The molecule has 1 atom stereocenters. The van der Waals surface area contributed by atoms with E-state index in [1.54, 1.807) is 6.92 Å². The highest BCUT2D eigenvalue weighted by atomic mass is 16.6. The van der Waals surface area contributed by atoms with Crippen molar-refractivity contribution in [1.29, 1.82) is 0 Å². The Morgan fingerprint density at radius 2 is 2.31 bits per heavy atom. The zero-order valence-corrected chi connectivity index (χ0v) is 9.27. The number of ketones is 1. The van der Waals surface area contributed by atoms with Gasteiger partial charge in [-0.05, 0) is 23.3 Å². The van der Waals surface area contributed by atoms with E-state index < -0.39 is 4.92 Å². The molecule has 6 heteroatoms.